The van der Waals surface area contributed by atoms with Gasteiger partial charge in [-0.25, -0.2) is 0 Å². The molecule has 1 saturated carbocycles. The number of nitrogens with zero attached hydrogens (tertiary/aromatic N) is 5. The molecule has 1 aliphatic rings. The van der Waals surface area contributed by atoms with Gasteiger partial charge in [-0.15, -0.1) is 5.10 Å². The van der Waals surface area contributed by atoms with Crippen LogP contribution in [0, 0.1) is 19.8 Å². The van der Waals surface area contributed by atoms with E-state index in [1.165, 1.54) is 5.56 Å². The summed E-state index contributed by atoms with van der Waals surface area (Å²) in [5, 5.41) is 12.7. The second-order valence-electron chi connectivity index (χ2n) is 7.65. The predicted molar refractivity (Wildman–Crippen MR) is 101 cm³/mol. The molecule has 26 heavy (non-hydrogen) atoms. The van der Waals surface area contributed by atoms with Crippen molar-refractivity contribution in [2.45, 2.75) is 65.3 Å². The Labute approximate surface area is 155 Å². The van der Waals surface area contributed by atoms with E-state index >= 15 is 0 Å². The highest BCUT2D eigenvalue weighted by molar-refractivity contribution is 5.76. The van der Waals surface area contributed by atoms with Crippen LogP contribution in [-0.2, 0) is 10.3 Å². The molecule has 0 bridgehead atoms. The summed E-state index contributed by atoms with van der Waals surface area (Å²) in [7, 11) is 1.91. The van der Waals surface area contributed by atoms with Gasteiger partial charge >= 0.3 is 0 Å². The molecule has 0 unspecified atom stereocenters. The largest absolute Gasteiger partial charge is 0.333 e. The van der Waals surface area contributed by atoms with Crippen molar-refractivity contribution in [1.29, 1.82) is 0 Å². The Kier molecular flexibility index (Phi) is 5.12. The van der Waals surface area contributed by atoms with E-state index in [1.54, 1.807) is 0 Å². The molecular weight excluding hydrogens is 326 g/mol. The Bertz CT molecular complexity index is 789. The van der Waals surface area contributed by atoms with Crippen molar-refractivity contribution in [3.8, 4) is 5.69 Å². The molecule has 0 N–H and O–H groups in total. The molecule has 6 heteroatoms. The predicted octanol–water partition coefficient (Wildman–Crippen LogP) is 3.55. The number of aromatic nitrogens is 4. The zero-order chi connectivity index (χ0) is 18.9. The maximum absolute atomic E-state index is 12.6. The first kappa shape index (κ1) is 18.5. The van der Waals surface area contributed by atoms with E-state index in [0.717, 1.165) is 42.8 Å². The molecule has 0 atom stereocenters. The first-order valence-corrected chi connectivity index (χ1v) is 9.53. The van der Waals surface area contributed by atoms with E-state index in [4.69, 9.17) is 0 Å². The number of amides is 1. The molecule has 0 radical (unpaired) electrons. The lowest BCUT2D eigenvalue weighted by Crippen LogP contribution is -2.50. The molecule has 6 nitrogen and oxygen atoms in total. The van der Waals surface area contributed by atoms with Gasteiger partial charge in [-0.05, 0) is 73.1 Å². The smallest absolute Gasteiger partial charge is 0.222 e. The summed E-state index contributed by atoms with van der Waals surface area (Å²) < 4.78 is 1.84. The van der Waals surface area contributed by atoms with Crippen molar-refractivity contribution in [3.63, 3.8) is 0 Å². The zero-order valence-electron chi connectivity index (χ0n) is 16.5. The summed E-state index contributed by atoms with van der Waals surface area (Å²) in [6.45, 7) is 8.37. The lowest BCUT2D eigenvalue weighted by Gasteiger charge is -2.44. The van der Waals surface area contributed by atoms with Crippen LogP contribution in [0.4, 0.5) is 0 Å². The van der Waals surface area contributed by atoms with Crippen LogP contribution in [0.3, 0.4) is 0 Å². The minimum absolute atomic E-state index is 0.134. The number of tetrazole rings is 1. The highest BCUT2D eigenvalue weighted by Gasteiger charge is 2.45. The number of benzene rings is 1. The summed E-state index contributed by atoms with van der Waals surface area (Å²) in [6, 6.07) is 6.16. The average molecular weight is 355 g/mol. The molecule has 1 fully saturated rings. The number of hydrogen-bond donors (Lipinski definition) is 0. The highest BCUT2D eigenvalue weighted by atomic mass is 16.2. The van der Waals surface area contributed by atoms with Gasteiger partial charge in [0.15, 0.2) is 5.82 Å². The van der Waals surface area contributed by atoms with Gasteiger partial charge in [0.05, 0.1) is 5.69 Å². The number of rotatable bonds is 4. The van der Waals surface area contributed by atoms with Gasteiger partial charge in [-0.1, -0.05) is 26.0 Å². The topological polar surface area (TPSA) is 63.9 Å². The molecular formula is C20H29N5O. The molecule has 1 aromatic heterocycles. The van der Waals surface area contributed by atoms with Crippen LogP contribution in [0.1, 0.15) is 62.9 Å². The zero-order valence-corrected chi connectivity index (χ0v) is 16.5. The van der Waals surface area contributed by atoms with Crippen LogP contribution in [-0.4, -0.2) is 38.1 Å². The molecule has 3 rings (SSSR count). The summed E-state index contributed by atoms with van der Waals surface area (Å²) in [6.07, 6.45) is 4.41. The third kappa shape index (κ3) is 3.02. The second-order valence-corrected chi connectivity index (χ2v) is 7.65. The van der Waals surface area contributed by atoms with E-state index in [0.29, 0.717) is 12.3 Å². The van der Waals surface area contributed by atoms with Gasteiger partial charge in [-0.2, -0.15) is 4.68 Å². The number of hydrogen-bond acceptors (Lipinski definition) is 4. The second kappa shape index (κ2) is 7.17. The third-order valence-electron chi connectivity index (χ3n) is 6.11. The van der Waals surface area contributed by atoms with Crippen LogP contribution in [0.25, 0.3) is 5.69 Å². The number of carbonyl (C=O) groups is 1. The van der Waals surface area contributed by atoms with Crippen LogP contribution < -0.4 is 0 Å². The Balaban J connectivity index is 2.14. The lowest BCUT2D eigenvalue weighted by molar-refractivity contribution is -0.138. The molecule has 1 heterocycles. The summed E-state index contributed by atoms with van der Waals surface area (Å²) in [4.78, 5) is 14.5. The molecule has 0 saturated heterocycles. The Morgan fingerprint density at radius 2 is 2.00 bits per heavy atom. The fourth-order valence-electron chi connectivity index (χ4n) is 4.03. The average Bonchev–Trinajstić information content (AvgIpc) is 3.13. The normalized spacial score (nSPS) is 23.0. The highest BCUT2D eigenvalue weighted by Crippen LogP contribution is 2.43. The van der Waals surface area contributed by atoms with E-state index in [2.05, 4.69) is 42.4 Å². The first-order chi connectivity index (χ1) is 12.4. The van der Waals surface area contributed by atoms with Crippen molar-refractivity contribution in [2.75, 3.05) is 7.05 Å². The van der Waals surface area contributed by atoms with Crippen molar-refractivity contribution in [3.05, 3.63) is 35.2 Å². The van der Waals surface area contributed by atoms with E-state index in [9.17, 15) is 4.79 Å². The van der Waals surface area contributed by atoms with Crippen LogP contribution in [0.2, 0.25) is 0 Å². The van der Waals surface area contributed by atoms with Crippen molar-refractivity contribution < 1.29 is 4.79 Å². The standard InChI is InChI=1S/C20H29N5O/c1-6-18(26)24(5)20(12-10-14(2)11-13-20)19-21-22-23-25(19)17-9-7-8-15(3)16(17)4/h7-9,14H,6,10-13H2,1-5H3. The summed E-state index contributed by atoms with van der Waals surface area (Å²) in [5.41, 5.74) is 2.90. The van der Waals surface area contributed by atoms with Gasteiger partial charge in [0.25, 0.3) is 0 Å². The number of aryl methyl sites for hydroxylation is 1. The van der Waals surface area contributed by atoms with Gasteiger partial charge < -0.3 is 4.90 Å². The van der Waals surface area contributed by atoms with E-state index in [-0.39, 0.29) is 5.91 Å². The van der Waals surface area contributed by atoms with Gasteiger partial charge in [-0.3, -0.25) is 4.79 Å². The summed E-state index contributed by atoms with van der Waals surface area (Å²) >= 11 is 0. The SMILES string of the molecule is CCC(=O)N(C)C1(c2nnnn2-c2cccc(C)c2C)CCC(C)CC1. The number of carbonyl (C=O) groups excluding carboxylic acids is 1. The Morgan fingerprint density at radius 1 is 1.31 bits per heavy atom. The monoisotopic (exact) mass is 355 g/mol. The quantitative estimate of drug-likeness (QED) is 0.841. The molecule has 140 valence electrons. The summed E-state index contributed by atoms with van der Waals surface area (Å²) in [5.74, 6) is 1.58. The Hall–Kier alpha value is -2.24. The molecule has 1 aromatic carbocycles. The van der Waals surface area contributed by atoms with Gasteiger partial charge in [0.2, 0.25) is 5.91 Å². The van der Waals surface area contributed by atoms with Gasteiger partial charge in [0.1, 0.15) is 5.54 Å². The van der Waals surface area contributed by atoms with Crippen molar-refractivity contribution in [1.82, 2.24) is 25.1 Å². The molecule has 0 aliphatic heterocycles. The Morgan fingerprint density at radius 3 is 2.65 bits per heavy atom. The minimum Gasteiger partial charge on any atom is -0.333 e. The molecule has 2 aromatic rings. The fraction of sp³-hybridized carbons (Fsp3) is 0.600. The first-order valence-electron chi connectivity index (χ1n) is 9.53. The lowest BCUT2D eigenvalue weighted by atomic mass is 9.75. The van der Waals surface area contributed by atoms with Crippen LogP contribution in [0.5, 0.6) is 0 Å². The maximum atomic E-state index is 12.6. The van der Waals surface area contributed by atoms with Crippen LogP contribution >= 0.6 is 0 Å². The fourth-order valence-corrected chi connectivity index (χ4v) is 4.03. The van der Waals surface area contributed by atoms with Gasteiger partial charge in [0, 0.05) is 13.5 Å². The molecule has 1 aliphatic carbocycles. The van der Waals surface area contributed by atoms with E-state index < -0.39 is 5.54 Å². The van der Waals surface area contributed by atoms with E-state index in [1.807, 2.05) is 35.7 Å². The van der Waals surface area contributed by atoms with Crippen molar-refractivity contribution in [2.24, 2.45) is 5.92 Å². The maximum Gasteiger partial charge on any atom is 0.222 e. The minimum atomic E-state index is -0.445. The third-order valence-corrected chi connectivity index (χ3v) is 6.11. The van der Waals surface area contributed by atoms with Crippen molar-refractivity contribution >= 4 is 5.91 Å². The molecule has 0 spiro atoms. The van der Waals surface area contributed by atoms with Crippen LogP contribution in [0.15, 0.2) is 18.2 Å². The molecule has 1 amide bonds.